The van der Waals surface area contributed by atoms with Gasteiger partial charge in [0, 0.05) is 48.3 Å². The first kappa shape index (κ1) is 31.7. The van der Waals surface area contributed by atoms with Gasteiger partial charge in [0.2, 0.25) is 0 Å². The average molecular weight is 658 g/mol. The molecule has 0 radical (unpaired) electrons. The average Bonchev–Trinajstić information content (AvgIpc) is 3.56. The zero-order valence-electron chi connectivity index (χ0n) is 25.2. The van der Waals surface area contributed by atoms with E-state index in [9.17, 15) is 23.5 Å². The minimum atomic E-state index is -2.84. The van der Waals surface area contributed by atoms with Crippen molar-refractivity contribution >= 4 is 28.6 Å². The fourth-order valence-corrected chi connectivity index (χ4v) is 6.04. The third-order valence-electron chi connectivity index (χ3n) is 8.47. The zero-order chi connectivity index (χ0) is 32.4. The second-order valence-corrected chi connectivity index (χ2v) is 12.0. The summed E-state index contributed by atoms with van der Waals surface area (Å²) in [4.78, 5) is 32.5. The van der Waals surface area contributed by atoms with Gasteiger partial charge in [-0.15, -0.1) is 0 Å². The Balaban J connectivity index is 1.42. The van der Waals surface area contributed by atoms with Gasteiger partial charge in [0.05, 0.1) is 36.9 Å². The number of hydrogen-bond donors (Lipinski definition) is 1. The van der Waals surface area contributed by atoms with Crippen molar-refractivity contribution < 1.29 is 32.9 Å². The van der Waals surface area contributed by atoms with Crippen molar-refractivity contribution in [1.82, 2.24) is 24.2 Å². The van der Waals surface area contributed by atoms with E-state index in [0.29, 0.717) is 83.7 Å². The van der Waals surface area contributed by atoms with Crippen molar-refractivity contribution in [2.45, 2.75) is 69.9 Å². The fraction of sp³-hybridized carbons (Fsp3) is 0.438. The first-order valence-electron chi connectivity index (χ1n) is 15.2. The number of aliphatic hydroxyl groups excluding tert-OH is 1. The summed E-state index contributed by atoms with van der Waals surface area (Å²) in [6.07, 6.45) is 4.55. The number of likely N-dealkylation sites (tertiary alicyclic amines) is 1. The zero-order valence-corrected chi connectivity index (χ0v) is 25.9. The molecule has 14 heteroatoms. The highest BCUT2D eigenvalue weighted by molar-refractivity contribution is 6.30. The molecular formula is C32H34ClF2N5O6. The van der Waals surface area contributed by atoms with Crippen LogP contribution in [-0.4, -0.2) is 73.9 Å². The largest absolute Gasteiger partial charge is 0.490 e. The van der Waals surface area contributed by atoms with Gasteiger partial charge in [-0.1, -0.05) is 23.7 Å². The van der Waals surface area contributed by atoms with Crippen LogP contribution < -0.4 is 15.0 Å². The first-order chi connectivity index (χ1) is 22.2. The number of hydrogen-bond acceptors (Lipinski definition) is 8. The van der Waals surface area contributed by atoms with E-state index in [-0.39, 0.29) is 41.8 Å². The summed E-state index contributed by atoms with van der Waals surface area (Å²) in [7, 11) is 1.33. The second kappa shape index (κ2) is 13.6. The van der Waals surface area contributed by atoms with Crippen molar-refractivity contribution in [2.75, 3.05) is 20.2 Å². The Morgan fingerprint density at radius 2 is 1.74 bits per heavy atom. The molecule has 1 aliphatic carbocycles. The number of carbonyl (C=O) groups is 1. The Labute approximate surface area is 268 Å². The molecule has 4 aromatic rings. The van der Waals surface area contributed by atoms with Crippen LogP contribution in [0.5, 0.6) is 11.8 Å². The van der Waals surface area contributed by atoms with E-state index in [1.54, 1.807) is 29.2 Å². The first-order valence-corrected chi connectivity index (χ1v) is 15.6. The Morgan fingerprint density at radius 1 is 1.04 bits per heavy atom. The standard InChI is InChI=1S/C32H34ClF2N5O6/c1-44-32(43)38-12-10-24(11-13-38)45-28-15-26-27(14-25(28)20-16-36-40(18-20)30(34)35)37-31(46-23-8-6-22(41)7-9-23)39(29(26)42)17-19-2-4-21(33)5-3-19/h2-5,14-16,18,22-24,30,41H,6-13,17H2,1H3. The lowest BCUT2D eigenvalue weighted by atomic mass is 9.95. The number of alkyl halides is 2. The third-order valence-corrected chi connectivity index (χ3v) is 8.72. The summed E-state index contributed by atoms with van der Waals surface area (Å²) < 4.78 is 46.5. The minimum absolute atomic E-state index is 0.118. The van der Waals surface area contributed by atoms with Crippen molar-refractivity contribution in [3.8, 4) is 22.9 Å². The van der Waals surface area contributed by atoms with Crippen LogP contribution in [0.4, 0.5) is 13.6 Å². The highest BCUT2D eigenvalue weighted by Gasteiger charge is 2.27. The highest BCUT2D eigenvalue weighted by Crippen LogP contribution is 2.36. The number of carbonyl (C=O) groups excluding carboxylic acids is 1. The van der Waals surface area contributed by atoms with Gasteiger partial charge in [0.25, 0.3) is 11.6 Å². The van der Waals surface area contributed by atoms with E-state index < -0.39 is 12.6 Å². The van der Waals surface area contributed by atoms with Crippen LogP contribution in [-0.2, 0) is 11.3 Å². The van der Waals surface area contributed by atoms with Crippen LogP contribution in [0.15, 0.2) is 53.6 Å². The maximum absolute atomic E-state index is 14.2. The molecular weight excluding hydrogens is 624 g/mol. The molecule has 0 bridgehead atoms. The summed E-state index contributed by atoms with van der Waals surface area (Å²) in [5.41, 5.74) is 1.53. The molecule has 2 aromatic heterocycles. The summed E-state index contributed by atoms with van der Waals surface area (Å²) in [5, 5.41) is 14.6. The monoisotopic (exact) mass is 657 g/mol. The molecule has 244 valence electrons. The number of nitrogens with zero attached hydrogens (tertiary/aromatic N) is 5. The van der Waals surface area contributed by atoms with Crippen LogP contribution in [0.1, 0.15) is 50.6 Å². The van der Waals surface area contributed by atoms with Crippen LogP contribution in [0.25, 0.3) is 22.0 Å². The molecule has 1 amide bonds. The maximum Gasteiger partial charge on any atom is 0.409 e. The number of rotatable bonds is 8. The fourth-order valence-electron chi connectivity index (χ4n) is 5.91. The van der Waals surface area contributed by atoms with Crippen molar-refractivity contribution in [3.63, 3.8) is 0 Å². The number of aromatic nitrogens is 4. The number of methoxy groups -OCH3 is 1. The van der Waals surface area contributed by atoms with Crippen molar-refractivity contribution in [2.24, 2.45) is 0 Å². The van der Waals surface area contributed by atoms with Crippen LogP contribution in [0.2, 0.25) is 5.02 Å². The number of fused-ring (bicyclic) bond motifs is 1. The van der Waals surface area contributed by atoms with Crippen LogP contribution in [0.3, 0.4) is 0 Å². The SMILES string of the molecule is COC(=O)N1CCC(Oc2cc3c(=O)n(Cc4ccc(Cl)cc4)c(OC4CCC(O)CC4)nc3cc2-c2cnn(C(F)F)c2)CC1. The lowest BCUT2D eigenvalue weighted by Gasteiger charge is -2.31. The number of amides is 1. The molecule has 6 rings (SSSR count). The molecule has 3 heterocycles. The molecule has 11 nitrogen and oxygen atoms in total. The van der Waals surface area contributed by atoms with Gasteiger partial charge in [-0.2, -0.15) is 18.9 Å². The van der Waals surface area contributed by atoms with Crippen molar-refractivity contribution in [3.05, 3.63) is 69.7 Å². The summed E-state index contributed by atoms with van der Waals surface area (Å²) in [6, 6.07) is 10.5. The molecule has 2 aromatic carbocycles. The molecule has 1 saturated heterocycles. The summed E-state index contributed by atoms with van der Waals surface area (Å²) >= 11 is 6.10. The quantitative estimate of drug-likeness (QED) is 0.258. The molecule has 0 atom stereocenters. The highest BCUT2D eigenvalue weighted by atomic mass is 35.5. The number of benzene rings is 2. The Morgan fingerprint density at radius 3 is 2.39 bits per heavy atom. The van der Waals surface area contributed by atoms with E-state index >= 15 is 0 Å². The molecule has 2 aliphatic rings. The van der Waals surface area contributed by atoms with E-state index in [0.717, 1.165) is 5.56 Å². The van der Waals surface area contributed by atoms with E-state index in [1.165, 1.54) is 24.1 Å². The lowest BCUT2D eigenvalue weighted by molar-refractivity contribution is 0.0566. The van der Waals surface area contributed by atoms with Gasteiger partial charge in [-0.25, -0.2) is 9.48 Å². The van der Waals surface area contributed by atoms with Gasteiger partial charge in [0.1, 0.15) is 18.0 Å². The smallest absolute Gasteiger partial charge is 0.409 e. The normalized spacial score (nSPS) is 19.0. The topological polar surface area (TPSA) is 121 Å². The number of piperidine rings is 1. The van der Waals surface area contributed by atoms with Gasteiger partial charge in [-0.05, 0) is 55.5 Å². The summed E-state index contributed by atoms with van der Waals surface area (Å²) in [5.74, 6) is 0.310. The van der Waals surface area contributed by atoms with Gasteiger partial charge < -0.3 is 24.2 Å². The van der Waals surface area contributed by atoms with E-state index in [4.69, 9.17) is 30.8 Å². The van der Waals surface area contributed by atoms with Crippen LogP contribution in [0, 0.1) is 0 Å². The predicted octanol–water partition coefficient (Wildman–Crippen LogP) is 5.65. The predicted molar refractivity (Wildman–Crippen MR) is 166 cm³/mol. The van der Waals surface area contributed by atoms with E-state index in [2.05, 4.69) is 5.10 Å². The maximum atomic E-state index is 14.2. The Bertz CT molecular complexity index is 1750. The molecule has 0 unspecified atom stereocenters. The van der Waals surface area contributed by atoms with E-state index in [1.807, 2.05) is 12.1 Å². The lowest BCUT2D eigenvalue weighted by Crippen LogP contribution is -2.41. The molecule has 2 fully saturated rings. The van der Waals surface area contributed by atoms with Crippen LogP contribution >= 0.6 is 11.6 Å². The molecule has 1 aliphatic heterocycles. The Kier molecular flexibility index (Phi) is 9.41. The third kappa shape index (κ3) is 6.95. The Hall–Kier alpha value is -4.23. The minimum Gasteiger partial charge on any atom is -0.490 e. The van der Waals surface area contributed by atoms with Gasteiger partial charge >= 0.3 is 12.6 Å². The molecule has 46 heavy (non-hydrogen) atoms. The molecule has 1 saturated carbocycles. The molecule has 0 spiro atoms. The number of ether oxygens (including phenoxy) is 3. The second-order valence-electron chi connectivity index (χ2n) is 11.6. The summed E-state index contributed by atoms with van der Waals surface area (Å²) in [6.45, 7) is -1.85. The van der Waals surface area contributed by atoms with Crippen molar-refractivity contribution in [1.29, 1.82) is 0 Å². The number of halogens is 3. The number of aliphatic hydroxyl groups is 1. The molecule has 1 N–H and O–H groups in total. The van der Waals surface area contributed by atoms with Gasteiger partial charge in [0.15, 0.2) is 0 Å². The van der Waals surface area contributed by atoms with Gasteiger partial charge in [-0.3, -0.25) is 9.36 Å².